The van der Waals surface area contributed by atoms with E-state index in [1.54, 1.807) is 0 Å². The number of carbonyl (C=O) groups is 1. The lowest BCUT2D eigenvalue weighted by Gasteiger charge is -2.28. The Bertz CT molecular complexity index is 1250. The molecule has 0 aliphatic carbocycles. The first-order valence-electron chi connectivity index (χ1n) is 24.3. The number of hydrogen-bond donors (Lipinski definition) is 0. The molecule has 0 spiro atoms. The molecule has 8 nitrogen and oxygen atoms in total. The second-order valence-electron chi connectivity index (χ2n) is 17.1. The quantitative estimate of drug-likeness (QED) is 0.0198. The van der Waals surface area contributed by atoms with E-state index >= 15 is 0 Å². The van der Waals surface area contributed by atoms with Gasteiger partial charge in [-0.1, -0.05) is 195 Å². The highest BCUT2D eigenvalue weighted by molar-refractivity contribution is 7.45. The minimum absolute atomic E-state index is 0.0120. The molecule has 2 unspecified atom stereocenters. The molecule has 0 amide bonds. The van der Waals surface area contributed by atoms with Crippen molar-refractivity contribution in [1.82, 2.24) is 0 Å². The van der Waals surface area contributed by atoms with Crippen LogP contribution in [0.4, 0.5) is 0 Å². The van der Waals surface area contributed by atoms with Gasteiger partial charge in [-0.3, -0.25) is 9.36 Å². The van der Waals surface area contributed by atoms with Gasteiger partial charge in [0.2, 0.25) is 0 Å². The predicted molar refractivity (Wildman–Crippen MR) is 258 cm³/mol. The fourth-order valence-corrected chi connectivity index (χ4v) is 6.97. The van der Waals surface area contributed by atoms with Crippen molar-refractivity contribution in [3.05, 3.63) is 85.1 Å². The number of quaternary nitrogens is 1. The van der Waals surface area contributed by atoms with E-state index in [1.165, 1.54) is 89.9 Å². The van der Waals surface area contributed by atoms with Gasteiger partial charge in [0.1, 0.15) is 19.3 Å². The summed E-state index contributed by atoms with van der Waals surface area (Å²) in [6.45, 7) is 5.22. The Morgan fingerprint density at radius 1 is 0.525 bits per heavy atom. The van der Waals surface area contributed by atoms with Crippen LogP contribution in [0.2, 0.25) is 0 Å². The average molecular weight is 874 g/mol. The Morgan fingerprint density at radius 2 is 0.934 bits per heavy atom. The van der Waals surface area contributed by atoms with Crippen LogP contribution >= 0.6 is 7.82 Å². The highest BCUT2D eigenvalue weighted by Crippen LogP contribution is 2.38. The Labute approximate surface area is 375 Å². The Balaban J connectivity index is 4.31. The van der Waals surface area contributed by atoms with E-state index in [9.17, 15) is 14.3 Å². The zero-order valence-electron chi connectivity index (χ0n) is 39.8. The van der Waals surface area contributed by atoms with Gasteiger partial charge in [-0.25, -0.2) is 0 Å². The monoisotopic (exact) mass is 874 g/mol. The van der Waals surface area contributed by atoms with E-state index in [0.717, 1.165) is 64.2 Å². The zero-order valence-corrected chi connectivity index (χ0v) is 40.7. The molecule has 0 aliphatic heterocycles. The van der Waals surface area contributed by atoms with Crippen LogP contribution in [-0.2, 0) is 27.9 Å². The normalized spacial score (nSPS) is 14.4. The van der Waals surface area contributed by atoms with E-state index in [1.807, 2.05) is 21.1 Å². The highest BCUT2D eigenvalue weighted by atomic mass is 31.2. The van der Waals surface area contributed by atoms with Gasteiger partial charge >= 0.3 is 5.97 Å². The van der Waals surface area contributed by atoms with Gasteiger partial charge in [0.05, 0.1) is 34.4 Å². The van der Waals surface area contributed by atoms with Crippen molar-refractivity contribution in [2.24, 2.45) is 0 Å². The van der Waals surface area contributed by atoms with E-state index in [-0.39, 0.29) is 26.2 Å². The van der Waals surface area contributed by atoms with Gasteiger partial charge in [-0.2, -0.15) is 0 Å². The first-order chi connectivity index (χ1) is 29.6. The Hall–Kier alpha value is -2.32. The number of ether oxygens (including phenoxy) is 2. The van der Waals surface area contributed by atoms with Crippen molar-refractivity contribution >= 4 is 13.8 Å². The number of unbranched alkanes of at least 4 members (excludes halogenated alkanes) is 16. The van der Waals surface area contributed by atoms with Crippen LogP contribution in [0, 0.1) is 0 Å². The van der Waals surface area contributed by atoms with Gasteiger partial charge in [0.15, 0.2) is 0 Å². The highest BCUT2D eigenvalue weighted by Gasteiger charge is 2.20. The predicted octanol–water partition coefficient (Wildman–Crippen LogP) is 14.2. The van der Waals surface area contributed by atoms with Crippen LogP contribution in [0.15, 0.2) is 85.1 Å². The fourth-order valence-electron chi connectivity index (χ4n) is 6.24. The van der Waals surface area contributed by atoms with Crippen LogP contribution in [0.25, 0.3) is 0 Å². The lowest BCUT2D eigenvalue weighted by atomic mass is 10.0. The molecule has 0 N–H and O–H groups in total. The minimum Gasteiger partial charge on any atom is -0.756 e. The van der Waals surface area contributed by atoms with Crippen LogP contribution in [0.3, 0.4) is 0 Å². The molecule has 0 heterocycles. The van der Waals surface area contributed by atoms with E-state index in [4.69, 9.17) is 18.5 Å². The van der Waals surface area contributed by atoms with E-state index in [0.29, 0.717) is 24.1 Å². The SMILES string of the molecule is CC/C=C\C/C=C\C/C=C\C/C=C\C/C=C\C/C=C\C/C=C\CCCC(=O)OC(COCCCCCCCCCCCCCCCCCC)COP(=O)([O-])OCC[N+](C)(C)C. The topological polar surface area (TPSA) is 94.1 Å². The molecule has 352 valence electrons. The summed E-state index contributed by atoms with van der Waals surface area (Å²) in [5, 5.41) is 0. The molecular weight excluding hydrogens is 782 g/mol. The third-order valence-corrected chi connectivity index (χ3v) is 10.9. The molecule has 61 heavy (non-hydrogen) atoms. The Morgan fingerprint density at radius 3 is 1.36 bits per heavy atom. The number of allylic oxidation sites excluding steroid dienone is 14. The van der Waals surface area contributed by atoms with Crippen LogP contribution < -0.4 is 4.89 Å². The molecule has 0 fully saturated rings. The molecule has 0 aromatic rings. The van der Waals surface area contributed by atoms with E-state index < -0.39 is 19.9 Å². The molecule has 0 saturated carbocycles. The number of hydrogen-bond acceptors (Lipinski definition) is 7. The van der Waals surface area contributed by atoms with Gasteiger partial charge < -0.3 is 27.9 Å². The molecule has 0 aromatic heterocycles. The summed E-state index contributed by atoms with van der Waals surface area (Å²) in [5.41, 5.74) is 0. The van der Waals surface area contributed by atoms with Gasteiger partial charge in [-0.05, 0) is 64.2 Å². The average Bonchev–Trinajstić information content (AvgIpc) is 3.22. The number of phosphoric acid groups is 1. The van der Waals surface area contributed by atoms with Gasteiger partial charge in [-0.15, -0.1) is 0 Å². The molecule has 2 atom stereocenters. The Kier molecular flexibility index (Phi) is 42.6. The first kappa shape index (κ1) is 58.7. The summed E-state index contributed by atoms with van der Waals surface area (Å²) in [6, 6.07) is 0. The zero-order chi connectivity index (χ0) is 44.8. The molecule has 0 rings (SSSR count). The lowest BCUT2D eigenvalue weighted by Crippen LogP contribution is -2.37. The van der Waals surface area contributed by atoms with Crippen molar-refractivity contribution in [2.75, 3.05) is 54.1 Å². The maximum atomic E-state index is 12.7. The van der Waals surface area contributed by atoms with Crippen molar-refractivity contribution in [1.29, 1.82) is 0 Å². The number of likely N-dealkylation sites (N-methyl/N-ethyl adjacent to an activating group) is 1. The van der Waals surface area contributed by atoms with Crippen molar-refractivity contribution in [2.45, 2.75) is 187 Å². The lowest BCUT2D eigenvalue weighted by molar-refractivity contribution is -0.870. The molecule has 0 aromatic carbocycles. The molecule has 0 saturated heterocycles. The maximum absolute atomic E-state index is 12.7. The number of phosphoric ester groups is 1. The first-order valence-corrected chi connectivity index (χ1v) is 25.8. The van der Waals surface area contributed by atoms with Gasteiger partial charge in [0.25, 0.3) is 7.82 Å². The number of rotatable bonds is 44. The maximum Gasteiger partial charge on any atom is 0.306 e. The summed E-state index contributed by atoms with van der Waals surface area (Å²) in [6.07, 6.45) is 58.9. The second-order valence-corrected chi connectivity index (χ2v) is 18.5. The van der Waals surface area contributed by atoms with Crippen molar-refractivity contribution < 1.29 is 37.3 Å². The smallest absolute Gasteiger partial charge is 0.306 e. The van der Waals surface area contributed by atoms with Crippen molar-refractivity contribution in [3.8, 4) is 0 Å². The summed E-state index contributed by atoms with van der Waals surface area (Å²) in [4.78, 5) is 25.1. The summed E-state index contributed by atoms with van der Waals surface area (Å²) < 4.78 is 34.6. The molecule has 0 bridgehead atoms. The molecule has 0 aliphatic rings. The van der Waals surface area contributed by atoms with Crippen LogP contribution in [0.5, 0.6) is 0 Å². The number of nitrogens with zero attached hydrogens (tertiary/aromatic N) is 1. The minimum atomic E-state index is -4.55. The molecule has 0 radical (unpaired) electrons. The summed E-state index contributed by atoms with van der Waals surface area (Å²) >= 11 is 0. The summed E-state index contributed by atoms with van der Waals surface area (Å²) in [7, 11) is 1.31. The van der Waals surface area contributed by atoms with Crippen LogP contribution in [0.1, 0.15) is 181 Å². The molecular formula is C52H92NO7P. The standard InChI is InChI=1S/C52H92NO7P/c1-6-8-10-12-14-16-18-20-22-24-25-26-27-28-29-30-31-33-35-37-39-41-43-45-52(54)60-51(50-59-61(55,56)58-48-46-53(3,4)5)49-57-47-44-42-40-38-36-34-32-23-21-19-17-15-13-11-9-7-2/h8,10,14,16,20,22,25-26,28-29,31,33,37,39,51H,6-7,9,11-13,15,17-19,21,23-24,27,30,32,34-36,38,40-50H2,1-5H3/b10-8-,16-14-,22-20-,26-25-,29-28-,33-31-,39-37-. The van der Waals surface area contributed by atoms with Crippen LogP contribution in [-0.4, -0.2) is 70.7 Å². The van der Waals surface area contributed by atoms with E-state index in [2.05, 4.69) is 98.9 Å². The second kappa shape index (κ2) is 44.3. The summed E-state index contributed by atoms with van der Waals surface area (Å²) in [5.74, 6) is -0.392. The number of carbonyl (C=O) groups excluding carboxylic acids is 1. The largest absolute Gasteiger partial charge is 0.756 e. The third-order valence-electron chi connectivity index (χ3n) is 9.96. The number of esters is 1. The van der Waals surface area contributed by atoms with Crippen molar-refractivity contribution in [3.63, 3.8) is 0 Å². The van der Waals surface area contributed by atoms with Gasteiger partial charge in [0, 0.05) is 13.0 Å². The molecule has 9 heteroatoms. The third kappa shape index (κ3) is 48.6. The fraction of sp³-hybridized carbons (Fsp3) is 0.712.